The second-order valence-corrected chi connectivity index (χ2v) is 14.1. The summed E-state index contributed by atoms with van der Waals surface area (Å²) in [5.41, 5.74) is 1.66. The lowest BCUT2D eigenvalue weighted by Gasteiger charge is -2.22. The van der Waals surface area contributed by atoms with Crippen molar-refractivity contribution >= 4 is 35.5 Å². The number of alkyl halides is 6. The molecule has 0 spiro atoms. The van der Waals surface area contributed by atoms with Gasteiger partial charge in [-0.05, 0) is 76.9 Å². The van der Waals surface area contributed by atoms with Gasteiger partial charge in [0.05, 0.1) is 17.8 Å². The molecule has 0 saturated carbocycles. The fourth-order valence-corrected chi connectivity index (χ4v) is 5.33. The largest absolute Gasteiger partial charge is 0.451 e. The van der Waals surface area contributed by atoms with Crippen LogP contribution in [-0.4, -0.2) is 83.5 Å². The number of nitrogens with zero attached hydrogens (tertiary/aromatic N) is 6. The highest BCUT2D eigenvalue weighted by Gasteiger charge is 2.44. The van der Waals surface area contributed by atoms with E-state index in [1.807, 2.05) is 0 Å². The maximum atomic E-state index is 14.4. The number of rotatable bonds is 15. The van der Waals surface area contributed by atoms with Gasteiger partial charge in [-0.25, -0.2) is 23.9 Å². The average Bonchev–Trinajstić information content (AvgIpc) is 3.67. The summed E-state index contributed by atoms with van der Waals surface area (Å²) in [7, 11) is 0. The summed E-state index contributed by atoms with van der Waals surface area (Å²) in [5, 5.41) is 13.2. The second-order valence-electron chi connectivity index (χ2n) is 13.7. The summed E-state index contributed by atoms with van der Waals surface area (Å²) in [4.78, 5) is 66.6. The van der Waals surface area contributed by atoms with E-state index in [9.17, 15) is 50.3 Å². The summed E-state index contributed by atoms with van der Waals surface area (Å²) in [6, 6.07) is 8.52. The number of ether oxygens (including phenoxy) is 2. The minimum atomic E-state index is -5.19. The van der Waals surface area contributed by atoms with Crippen LogP contribution in [0.25, 0.3) is 17.1 Å². The van der Waals surface area contributed by atoms with Crippen molar-refractivity contribution in [3.05, 3.63) is 81.3 Å². The lowest BCUT2D eigenvalue weighted by Crippen LogP contribution is -2.46. The fraction of sp³-hybridized carbons (Fsp3) is 0.429. The zero-order chi connectivity index (χ0) is 43.2. The SMILES string of the molecule is C[C@H](NC(=O)OC(C)(C)C)C(=O)NCCCCC(=O)O[C@@H](Cn1c(-c2ccc(Cl)cc2)nn(Cc2nc(C(N)=O)n(-c3ccccc3C(F)(F)F)n2)c1=O)C(F)(F)F. The Balaban J connectivity index is 1.52. The third-order valence-electron chi connectivity index (χ3n) is 7.85. The van der Waals surface area contributed by atoms with Crippen LogP contribution < -0.4 is 22.1 Å². The van der Waals surface area contributed by atoms with Crippen LogP contribution >= 0.6 is 11.6 Å². The predicted octanol–water partition coefficient (Wildman–Crippen LogP) is 4.79. The van der Waals surface area contributed by atoms with E-state index in [2.05, 4.69) is 25.8 Å². The molecule has 0 saturated heterocycles. The maximum absolute atomic E-state index is 14.4. The summed E-state index contributed by atoms with van der Waals surface area (Å²) < 4.78 is 96.1. The monoisotopic (exact) mass is 845 g/mol. The van der Waals surface area contributed by atoms with Gasteiger partial charge in [0.25, 0.3) is 5.91 Å². The highest BCUT2D eigenvalue weighted by molar-refractivity contribution is 6.30. The number of carbonyl (C=O) groups is 4. The standard InChI is InChI=1S/C35H38ClF6N9O7/c1-19(45-31(55)58-33(2,3)4)30(54)44-16-8-7-11-26(52)57-24(35(40,41)42)17-49-28(20-12-14-21(36)15-13-20)48-50(32(49)56)18-25-46-29(27(43)53)51(47-25)23-10-6-5-9-22(23)34(37,38)39/h5-6,9-10,12-15,19,24H,7-8,11,16-18H2,1-4H3,(H2,43,53)(H,44,54)(H,45,55)/t19-,24-/m0/s1. The lowest BCUT2D eigenvalue weighted by molar-refractivity contribution is -0.224. The number of para-hydroxylation sites is 1. The van der Waals surface area contributed by atoms with Crippen LogP contribution in [0.5, 0.6) is 0 Å². The fourth-order valence-electron chi connectivity index (χ4n) is 5.20. The number of aromatic nitrogens is 6. The molecule has 0 fully saturated rings. The van der Waals surface area contributed by atoms with Gasteiger partial charge in [0.15, 0.2) is 11.6 Å². The maximum Gasteiger partial charge on any atom is 0.427 e. The van der Waals surface area contributed by atoms with Crippen molar-refractivity contribution in [3.63, 3.8) is 0 Å². The van der Waals surface area contributed by atoms with Crippen molar-refractivity contribution in [3.8, 4) is 17.1 Å². The molecule has 4 N–H and O–H groups in total. The van der Waals surface area contributed by atoms with E-state index in [4.69, 9.17) is 26.8 Å². The molecule has 0 bridgehead atoms. The Morgan fingerprint density at radius 2 is 1.60 bits per heavy atom. The van der Waals surface area contributed by atoms with Gasteiger partial charge in [-0.2, -0.15) is 26.3 Å². The molecule has 23 heteroatoms. The van der Waals surface area contributed by atoms with E-state index in [1.165, 1.54) is 37.3 Å². The number of carbonyl (C=O) groups excluding carboxylic acids is 4. The van der Waals surface area contributed by atoms with E-state index < -0.39 is 102 Å². The van der Waals surface area contributed by atoms with E-state index in [1.54, 1.807) is 20.8 Å². The Morgan fingerprint density at radius 1 is 0.948 bits per heavy atom. The molecule has 16 nitrogen and oxygen atoms in total. The van der Waals surface area contributed by atoms with Gasteiger partial charge in [-0.1, -0.05) is 23.7 Å². The molecule has 0 radical (unpaired) electrons. The van der Waals surface area contributed by atoms with E-state index in [0.717, 1.165) is 18.2 Å². The molecule has 4 aromatic rings. The van der Waals surface area contributed by atoms with Gasteiger partial charge in [-0.15, -0.1) is 10.2 Å². The molecule has 2 heterocycles. The molecule has 0 unspecified atom stereocenters. The van der Waals surface area contributed by atoms with E-state index in [-0.39, 0.29) is 35.8 Å². The number of nitrogens with one attached hydrogen (secondary N) is 2. The molecule has 2 atom stereocenters. The molecule has 314 valence electrons. The molecule has 58 heavy (non-hydrogen) atoms. The molecule has 3 amide bonds. The van der Waals surface area contributed by atoms with Crippen LogP contribution in [0.1, 0.15) is 69.0 Å². The third-order valence-corrected chi connectivity index (χ3v) is 8.10. The number of halogens is 7. The van der Waals surface area contributed by atoms with Gasteiger partial charge in [0, 0.05) is 23.6 Å². The van der Waals surface area contributed by atoms with Gasteiger partial charge >= 0.3 is 30.1 Å². The molecule has 0 aliphatic carbocycles. The molecule has 0 aliphatic heterocycles. The topological polar surface area (TPSA) is 207 Å². The van der Waals surface area contributed by atoms with Crippen LogP contribution in [0.2, 0.25) is 5.02 Å². The number of amides is 3. The van der Waals surface area contributed by atoms with Crippen molar-refractivity contribution in [2.24, 2.45) is 5.73 Å². The van der Waals surface area contributed by atoms with Crippen molar-refractivity contribution in [1.29, 1.82) is 0 Å². The smallest absolute Gasteiger partial charge is 0.427 e. The molecular weight excluding hydrogens is 808 g/mol. The molecule has 2 aromatic heterocycles. The molecule has 2 aromatic carbocycles. The Labute approximate surface area is 330 Å². The van der Waals surface area contributed by atoms with Gasteiger partial charge in [0.1, 0.15) is 18.2 Å². The second kappa shape index (κ2) is 18.1. The number of benzene rings is 2. The Hall–Kier alpha value is -5.93. The first kappa shape index (κ1) is 44.8. The first-order valence-electron chi connectivity index (χ1n) is 17.3. The highest BCUT2D eigenvalue weighted by atomic mass is 35.5. The van der Waals surface area contributed by atoms with Crippen molar-refractivity contribution < 1.29 is 55.0 Å². The quantitative estimate of drug-likeness (QED) is 0.0848. The average molecular weight is 846 g/mol. The number of hydrogen-bond donors (Lipinski definition) is 3. The van der Waals surface area contributed by atoms with Crippen molar-refractivity contribution in [1.82, 2.24) is 39.7 Å². The molecule has 4 rings (SSSR count). The van der Waals surface area contributed by atoms with E-state index >= 15 is 0 Å². The van der Waals surface area contributed by atoms with Gasteiger partial charge in [0.2, 0.25) is 17.8 Å². The Kier molecular flexibility index (Phi) is 14.0. The molecular formula is C35H38ClF6N9O7. The summed E-state index contributed by atoms with van der Waals surface area (Å²) in [6.45, 7) is 4.32. The normalized spacial score (nSPS) is 13.1. The first-order valence-corrected chi connectivity index (χ1v) is 17.7. The minimum absolute atomic E-state index is 0.00808. The number of alkyl carbamates (subject to hydrolysis) is 1. The number of nitrogens with two attached hydrogens (primary N) is 1. The van der Waals surface area contributed by atoms with Crippen LogP contribution in [0, 0.1) is 0 Å². The zero-order valence-corrected chi connectivity index (χ0v) is 32.0. The Bertz CT molecular complexity index is 2180. The van der Waals surface area contributed by atoms with Gasteiger partial charge in [-0.3, -0.25) is 19.0 Å². The number of esters is 1. The van der Waals surface area contributed by atoms with Crippen LogP contribution in [0.3, 0.4) is 0 Å². The lowest BCUT2D eigenvalue weighted by atomic mass is 10.1. The van der Waals surface area contributed by atoms with Crippen LogP contribution in [-0.2, 0) is 38.3 Å². The Morgan fingerprint density at radius 3 is 2.21 bits per heavy atom. The zero-order valence-electron chi connectivity index (χ0n) is 31.3. The predicted molar refractivity (Wildman–Crippen MR) is 193 cm³/mol. The number of hydrogen-bond acceptors (Lipinski definition) is 10. The summed E-state index contributed by atoms with van der Waals surface area (Å²) in [6.07, 6.45) is -14.1. The number of unbranched alkanes of at least 4 members (excludes halogenated alkanes) is 1. The van der Waals surface area contributed by atoms with Crippen molar-refractivity contribution in [2.75, 3.05) is 6.54 Å². The van der Waals surface area contributed by atoms with E-state index in [0.29, 0.717) is 13.9 Å². The van der Waals surface area contributed by atoms with Crippen LogP contribution in [0.4, 0.5) is 31.1 Å². The van der Waals surface area contributed by atoms with Crippen molar-refractivity contribution in [2.45, 2.75) is 90.1 Å². The number of primary amides is 1. The first-order chi connectivity index (χ1) is 26.9. The summed E-state index contributed by atoms with van der Waals surface area (Å²) in [5.74, 6) is -4.67. The summed E-state index contributed by atoms with van der Waals surface area (Å²) >= 11 is 5.98. The van der Waals surface area contributed by atoms with Gasteiger partial charge < -0.3 is 25.8 Å². The van der Waals surface area contributed by atoms with Crippen LogP contribution in [0.15, 0.2) is 53.3 Å². The minimum Gasteiger partial charge on any atom is -0.451 e. The highest BCUT2D eigenvalue weighted by Crippen LogP contribution is 2.34. The molecule has 0 aliphatic rings. The third kappa shape index (κ3) is 12.0.